The number of hydrogen-bond donors (Lipinski definition) is 0. The van der Waals surface area contributed by atoms with Crippen LogP contribution in [0.4, 0.5) is 5.82 Å². The fourth-order valence-electron chi connectivity index (χ4n) is 1.52. The molecule has 88 valence electrons. The first-order valence-electron chi connectivity index (χ1n) is 5.28. The van der Waals surface area contributed by atoms with Gasteiger partial charge in [-0.25, -0.2) is 0 Å². The average molecular weight is 249 g/mol. The number of anilines is 1. The first-order valence-corrected chi connectivity index (χ1v) is 5.66. The van der Waals surface area contributed by atoms with Gasteiger partial charge in [0.15, 0.2) is 11.0 Å². The van der Waals surface area contributed by atoms with E-state index in [-0.39, 0.29) is 0 Å². The minimum absolute atomic E-state index is 0.399. The SMILES string of the molecule is Cc1cccc(CN(C)c2ccc(Cl)nn2)n1. The van der Waals surface area contributed by atoms with E-state index in [0.29, 0.717) is 11.7 Å². The van der Waals surface area contributed by atoms with Gasteiger partial charge in [0.25, 0.3) is 0 Å². The second-order valence-corrected chi connectivity index (χ2v) is 4.23. The topological polar surface area (TPSA) is 41.9 Å². The minimum Gasteiger partial charge on any atom is -0.352 e. The summed E-state index contributed by atoms with van der Waals surface area (Å²) in [6, 6.07) is 9.53. The number of halogens is 1. The van der Waals surface area contributed by atoms with Gasteiger partial charge in [0.1, 0.15) is 0 Å². The molecule has 4 nitrogen and oxygen atoms in total. The molecule has 0 saturated carbocycles. The summed E-state index contributed by atoms with van der Waals surface area (Å²) >= 11 is 5.69. The van der Waals surface area contributed by atoms with Gasteiger partial charge in [0.05, 0.1) is 12.2 Å². The number of rotatable bonds is 3. The maximum absolute atomic E-state index is 5.69. The van der Waals surface area contributed by atoms with Crippen LogP contribution in [0.1, 0.15) is 11.4 Å². The highest BCUT2D eigenvalue weighted by Crippen LogP contribution is 2.12. The number of aromatic nitrogens is 3. The fraction of sp³-hybridized carbons (Fsp3) is 0.250. The van der Waals surface area contributed by atoms with Crippen molar-refractivity contribution in [1.82, 2.24) is 15.2 Å². The summed E-state index contributed by atoms with van der Waals surface area (Å²) in [4.78, 5) is 6.42. The smallest absolute Gasteiger partial charge is 0.151 e. The van der Waals surface area contributed by atoms with Crippen LogP contribution in [-0.4, -0.2) is 22.2 Å². The van der Waals surface area contributed by atoms with Crippen LogP contribution >= 0.6 is 11.6 Å². The molecule has 5 heteroatoms. The number of nitrogens with zero attached hydrogens (tertiary/aromatic N) is 4. The highest BCUT2D eigenvalue weighted by atomic mass is 35.5. The molecule has 0 fully saturated rings. The molecule has 0 atom stereocenters. The van der Waals surface area contributed by atoms with Crippen molar-refractivity contribution in [2.75, 3.05) is 11.9 Å². The Morgan fingerprint density at radius 1 is 1.18 bits per heavy atom. The second-order valence-electron chi connectivity index (χ2n) is 3.84. The molecule has 0 aromatic carbocycles. The third-order valence-electron chi connectivity index (χ3n) is 2.35. The Balaban J connectivity index is 2.11. The highest BCUT2D eigenvalue weighted by molar-refractivity contribution is 6.29. The number of aryl methyl sites for hydroxylation is 1. The molecule has 0 amide bonds. The Hall–Kier alpha value is -1.68. The summed E-state index contributed by atoms with van der Waals surface area (Å²) in [7, 11) is 1.95. The van der Waals surface area contributed by atoms with E-state index >= 15 is 0 Å². The lowest BCUT2D eigenvalue weighted by molar-refractivity contribution is 0.838. The summed E-state index contributed by atoms with van der Waals surface area (Å²) in [6.07, 6.45) is 0. The van der Waals surface area contributed by atoms with E-state index in [2.05, 4.69) is 15.2 Å². The Morgan fingerprint density at radius 3 is 2.65 bits per heavy atom. The standard InChI is InChI=1S/C12H13ClN4/c1-9-4-3-5-10(14-9)8-17(2)12-7-6-11(13)15-16-12/h3-7H,8H2,1-2H3. The molecular formula is C12H13ClN4. The van der Waals surface area contributed by atoms with Crippen molar-refractivity contribution in [3.05, 3.63) is 46.9 Å². The van der Waals surface area contributed by atoms with Gasteiger partial charge in [-0.2, -0.15) is 0 Å². The minimum atomic E-state index is 0.399. The van der Waals surface area contributed by atoms with Gasteiger partial charge in [-0.1, -0.05) is 17.7 Å². The van der Waals surface area contributed by atoms with Crippen LogP contribution in [0.5, 0.6) is 0 Å². The molecule has 0 N–H and O–H groups in total. The summed E-state index contributed by atoms with van der Waals surface area (Å²) in [5.74, 6) is 0.776. The normalized spacial score (nSPS) is 10.3. The van der Waals surface area contributed by atoms with Gasteiger partial charge in [0.2, 0.25) is 0 Å². The maximum atomic E-state index is 5.69. The van der Waals surface area contributed by atoms with Crippen LogP contribution in [0.2, 0.25) is 5.15 Å². The Bertz CT molecular complexity index is 498. The van der Waals surface area contributed by atoms with Crippen LogP contribution < -0.4 is 4.90 Å². The molecule has 0 saturated heterocycles. The maximum Gasteiger partial charge on any atom is 0.151 e. The lowest BCUT2D eigenvalue weighted by atomic mass is 10.3. The van der Waals surface area contributed by atoms with Gasteiger partial charge in [-0.05, 0) is 31.2 Å². The van der Waals surface area contributed by atoms with Gasteiger partial charge in [-0.15, -0.1) is 10.2 Å². The summed E-state index contributed by atoms with van der Waals surface area (Å²) < 4.78 is 0. The van der Waals surface area contributed by atoms with Crippen LogP contribution in [0.25, 0.3) is 0 Å². The molecular weight excluding hydrogens is 236 g/mol. The van der Waals surface area contributed by atoms with Crippen molar-refractivity contribution in [2.45, 2.75) is 13.5 Å². The number of pyridine rings is 1. The van der Waals surface area contributed by atoms with E-state index in [1.807, 2.05) is 43.1 Å². The van der Waals surface area contributed by atoms with Crippen LogP contribution in [0.15, 0.2) is 30.3 Å². The third kappa shape index (κ3) is 3.14. The fourth-order valence-corrected chi connectivity index (χ4v) is 1.62. The van der Waals surface area contributed by atoms with Gasteiger partial charge >= 0.3 is 0 Å². The zero-order valence-corrected chi connectivity index (χ0v) is 10.5. The van der Waals surface area contributed by atoms with E-state index in [1.54, 1.807) is 6.07 Å². The van der Waals surface area contributed by atoms with Gasteiger partial charge in [-0.3, -0.25) is 4.98 Å². The molecule has 0 spiro atoms. The highest BCUT2D eigenvalue weighted by Gasteiger charge is 2.05. The van der Waals surface area contributed by atoms with E-state index in [4.69, 9.17) is 11.6 Å². The van der Waals surface area contributed by atoms with Crippen LogP contribution in [0.3, 0.4) is 0 Å². The van der Waals surface area contributed by atoms with Gasteiger partial charge in [0, 0.05) is 12.7 Å². The molecule has 0 radical (unpaired) electrons. The summed E-state index contributed by atoms with van der Waals surface area (Å²) in [6.45, 7) is 2.67. The average Bonchev–Trinajstić information content (AvgIpc) is 2.29. The van der Waals surface area contributed by atoms with Crippen molar-refractivity contribution in [2.24, 2.45) is 0 Å². The molecule has 0 unspecified atom stereocenters. The molecule has 0 bridgehead atoms. The molecule has 2 aromatic rings. The van der Waals surface area contributed by atoms with Crippen molar-refractivity contribution in [3.8, 4) is 0 Å². The quantitative estimate of drug-likeness (QED) is 0.837. The molecule has 2 aromatic heterocycles. The predicted molar refractivity (Wildman–Crippen MR) is 68.1 cm³/mol. The zero-order valence-electron chi connectivity index (χ0n) is 9.76. The predicted octanol–water partition coefficient (Wildman–Crippen LogP) is 2.47. The molecule has 0 aliphatic rings. The van der Waals surface area contributed by atoms with Crippen LogP contribution in [-0.2, 0) is 6.54 Å². The van der Waals surface area contributed by atoms with E-state index in [1.165, 1.54) is 0 Å². The zero-order chi connectivity index (χ0) is 12.3. The monoisotopic (exact) mass is 248 g/mol. The van der Waals surface area contributed by atoms with E-state index in [9.17, 15) is 0 Å². The first-order chi connectivity index (χ1) is 8.15. The number of hydrogen-bond acceptors (Lipinski definition) is 4. The largest absolute Gasteiger partial charge is 0.352 e. The van der Waals surface area contributed by atoms with Crippen molar-refractivity contribution in [3.63, 3.8) is 0 Å². The Labute approximate surface area is 105 Å². The van der Waals surface area contributed by atoms with Crippen molar-refractivity contribution < 1.29 is 0 Å². The molecule has 0 aliphatic carbocycles. The third-order valence-corrected chi connectivity index (χ3v) is 2.56. The second kappa shape index (κ2) is 5.10. The summed E-state index contributed by atoms with van der Waals surface area (Å²) in [5, 5.41) is 8.22. The Morgan fingerprint density at radius 2 is 2.00 bits per heavy atom. The van der Waals surface area contributed by atoms with Crippen LogP contribution in [0, 0.1) is 6.92 Å². The van der Waals surface area contributed by atoms with E-state index < -0.39 is 0 Å². The summed E-state index contributed by atoms with van der Waals surface area (Å²) in [5.41, 5.74) is 2.02. The van der Waals surface area contributed by atoms with Gasteiger partial charge < -0.3 is 4.90 Å². The first kappa shape index (κ1) is 11.8. The lowest BCUT2D eigenvalue weighted by Crippen LogP contribution is -2.18. The molecule has 0 aliphatic heterocycles. The lowest BCUT2D eigenvalue weighted by Gasteiger charge is -2.16. The van der Waals surface area contributed by atoms with Crippen molar-refractivity contribution in [1.29, 1.82) is 0 Å². The molecule has 17 heavy (non-hydrogen) atoms. The van der Waals surface area contributed by atoms with E-state index in [0.717, 1.165) is 17.2 Å². The Kier molecular flexibility index (Phi) is 3.54. The molecule has 2 heterocycles. The molecule has 2 rings (SSSR count). The van der Waals surface area contributed by atoms with Crippen molar-refractivity contribution >= 4 is 17.4 Å².